The molecule has 0 heterocycles. The van der Waals surface area contributed by atoms with Crippen LogP contribution >= 0.6 is 0 Å². The summed E-state index contributed by atoms with van der Waals surface area (Å²) < 4.78 is 17.5. The van der Waals surface area contributed by atoms with E-state index in [4.69, 9.17) is 13.9 Å². The fraction of sp³-hybridized carbons (Fsp3) is 0.303. The second-order valence-corrected chi connectivity index (χ2v) is 15.3. The Morgan fingerprint density at radius 1 is 0.829 bits per heavy atom. The fourth-order valence-corrected chi connectivity index (χ4v) is 9.49. The average molecular weight is 574 g/mol. The van der Waals surface area contributed by atoms with Gasteiger partial charge in [-0.05, 0) is 40.5 Å². The summed E-state index contributed by atoms with van der Waals surface area (Å²) in [5.41, 5.74) is -1.36. The number of amides is 1. The number of esters is 2. The van der Waals surface area contributed by atoms with Crippen molar-refractivity contribution >= 4 is 36.5 Å². The minimum atomic E-state index is -2.82. The Morgan fingerprint density at radius 3 is 1.76 bits per heavy atom. The molecule has 0 aliphatic carbocycles. The predicted octanol–water partition coefficient (Wildman–Crippen LogP) is 4.41. The van der Waals surface area contributed by atoms with Crippen LogP contribution in [0.5, 0.6) is 0 Å². The van der Waals surface area contributed by atoms with Crippen molar-refractivity contribution in [3.8, 4) is 0 Å². The predicted molar refractivity (Wildman–Crippen MR) is 163 cm³/mol. The van der Waals surface area contributed by atoms with E-state index in [0.717, 1.165) is 10.4 Å². The zero-order chi connectivity index (χ0) is 30.1. The van der Waals surface area contributed by atoms with Gasteiger partial charge in [0.1, 0.15) is 0 Å². The van der Waals surface area contributed by atoms with Gasteiger partial charge in [0.05, 0.1) is 13.7 Å². The van der Waals surface area contributed by atoms with Crippen molar-refractivity contribution in [2.45, 2.75) is 51.3 Å². The Morgan fingerprint density at radius 2 is 1.32 bits per heavy atom. The maximum absolute atomic E-state index is 13.1. The summed E-state index contributed by atoms with van der Waals surface area (Å²) in [5, 5.41) is 4.74. The lowest BCUT2D eigenvalue weighted by Crippen LogP contribution is -2.66. The Labute approximate surface area is 243 Å². The first-order valence-corrected chi connectivity index (χ1v) is 15.4. The lowest BCUT2D eigenvalue weighted by Gasteiger charge is -2.42. The number of ether oxygens (including phenoxy) is 2. The van der Waals surface area contributed by atoms with Crippen molar-refractivity contribution < 1.29 is 28.3 Å². The topological polar surface area (TPSA) is 90.9 Å². The van der Waals surface area contributed by atoms with Crippen molar-refractivity contribution in [2.75, 3.05) is 13.7 Å². The van der Waals surface area contributed by atoms with Crippen LogP contribution in [0.1, 0.15) is 45.0 Å². The molecule has 3 aromatic rings. The molecule has 0 aromatic heterocycles. The van der Waals surface area contributed by atoms with Crippen LogP contribution in [-0.2, 0) is 23.5 Å². The molecule has 0 fully saturated rings. The van der Waals surface area contributed by atoms with Gasteiger partial charge in [0.15, 0.2) is 11.6 Å². The number of carbonyl (C=O) groups is 3. The van der Waals surface area contributed by atoms with Crippen LogP contribution in [0.4, 0.5) is 0 Å². The normalized spacial score (nSPS) is 14.1. The minimum Gasteiger partial charge on any atom is -0.467 e. The van der Waals surface area contributed by atoms with Crippen molar-refractivity contribution in [3.63, 3.8) is 0 Å². The van der Waals surface area contributed by atoms with Crippen LogP contribution in [-0.4, -0.2) is 51.5 Å². The maximum Gasteiger partial charge on any atom is 0.335 e. The van der Waals surface area contributed by atoms with E-state index in [0.29, 0.717) is 5.56 Å². The molecule has 0 saturated carbocycles. The highest BCUT2D eigenvalue weighted by molar-refractivity contribution is 6.99. The highest BCUT2D eigenvalue weighted by Gasteiger charge is 2.50. The van der Waals surface area contributed by atoms with Crippen LogP contribution in [0, 0.1) is 0 Å². The molecule has 0 radical (unpaired) electrons. The molecular weight excluding hydrogens is 534 g/mol. The highest BCUT2D eigenvalue weighted by Crippen LogP contribution is 2.36. The molecule has 0 bridgehead atoms. The third-order valence-electron chi connectivity index (χ3n) is 7.00. The zero-order valence-electron chi connectivity index (χ0n) is 24.5. The molecule has 0 saturated heterocycles. The second-order valence-electron chi connectivity index (χ2n) is 10.9. The number of hydrogen-bond acceptors (Lipinski definition) is 6. The average Bonchev–Trinajstić information content (AvgIpc) is 2.96. The number of nitrogens with one attached hydrogen (secondary N) is 1. The van der Waals surface area contributed by atoms with Gasteiger partial charge in [0.25, 0.3) is 14.2 Å². The molecule has 3 rings (SSSR count). The van der Waals surface area contributed by atoms with E-state index in [1.165, 1.54) is 21.0 Å². The summed E-state index contributed by atoms with van der Waals surface area (Å²) >= 11 is 0. The van der Waals surface area contributed by atoms with Crippen molar-refractivity contribution in [1.29, 1.82) is 0 Å². The summed E-state index contributed by atoms with van der Waals surface area (Å²) in [6, 6.07) is 28.9. The van der Waals surface area contributed by atoms with Crippen molar-refractivity contribution in [1.82, 2.24) is 5.32 Å². The molecule has 3 aromatic carbocycles. The maximum atomic E-state index is 13.1. The van der Waals surface area contributed by atoms with Gasteiger partial charge < -0.3 is 19.2 Å². The van der Waals surface area contributed by atoms with E-state index >= 15 is 0 Å². The monoisotopic (exact) mass is 573 g/mol. The first kappa shape index (κ1) is 31.5. The summed E-state index contributed by atoms with van der Waals surface area (Å²) in [4.78, 5) is 38.2. The quantitative estimate of drug-likeness (QED) is 0.208. The van der Waals surface area contributed by atoms with E-state index in [1.54, 1.807) is 42.5 Å². The van der Waals surface area contributed by atoms with Gasteiger partial charge in [-0.15, -0.1) is 0 Å². The number of rotatable bonds is 11. The molecule has 216 valence electrons. The Bertz CT molecular complexity index is 1300. The van der Waals surface area contributed by atoms with Gasteiger partial charge in [0, 0.05) is 12.5 Å². The largest absolute Gasteiger partial charge is 0.467 e. The fourth-order valence-electron chi connectivity index (χ4n) is 4.99. The van der Waals surface area contributed by atoms with E-state index in [9.17, 15) is 14.4 Å². The number of benzene rings is 3. The van der Waals surface area contributed by atoms with Crippen molar-refractivity contribution in [2.24, 2.45) is 0 Å². The summed E-state index contributed by atoms with van der Waals surface area (Å²) in [6.45, 7) is 9.43. The first-order chi connectivity index (χ1) is 19.5. The van der Waals surface area contributed by atoms with Gasteiger partial charge in [-0.3, -0.25) is 9.59 Å². The third-order valence-corrected chi connectivity index (χ3v) is 12.0. The van der Waals surface area contributed by atoms with Crippen LogP contribution in [0.2, 0.25) is 5.04 Å². The SMILES string of the molecule is COC(=O)[C@](C)(NC(=O)c1ccccc1)[C@@H](/C=C/CO[Si](c1ccccc1)(c1ccccc1)C(C)(C)C)OC(C)=O. The van der Waals surface area contributed by atoms with Crippen LogP contribution in [0.15, 0.2) is 103 Å². The first-order valence-electron chi connectivity index (χ1n) is 13.5. The molecule has 1 amide bonds. The number of hydrogen-bond donors (Lipinski definition) is 1. The van der Waals surface area contributed by atoms with Gasteiger partial charge in [0.2, 0.25) is 0 Å². The zero-order valence-corrected chi connectivity index (χ0v) is 25.5. The lowest BCUT2D eigenvalue weighted by atomic mass is 9.93. The van der Waals surface area contributed by atoms with Gasteiger partial charge in [-0.1, -0.05) is 106 Å². The molecule has 0 spiro atoms. The van der Waals surface area contributed by atoms with Gasteiger partial charge in [-0.2, -0.15) is 0 Å². The summed E-state index contributed by atoms with van der Waals surface area (Å²) in [6.07, 6.45) is 2.13. The van der Waals surface area contributed by atoms with Crippen LogP contribution < -0.4 is 15.7 Å². The van der Waals surface area contributed by atoms with Gasteiger partial charge in [-0.25, -0.2) is 4.79 Å². The molecule has 0 aliphatic heterocycles. The Hall–Kier alpha value is -4.01. The van der Waals surface area contributed by atoms with E-state index in [-0.39, 0.29) is 11.6 Å². The number of carbonyl (C=O) groups excluding carboxylic acids is 3. The second kappa shape index (κ2) is 13.6. The molecule has 7 nitrogen and oxygen atoms in total. The molecule has 2 atom stereocenters. The van der Waals surface area contributed by atoms with Crippen LogP contribution in [0.3, 0.4) is 0 Å². The Balaban J connectivity index is 1.98. The molecular formula is C33H39NO6Si. The molecule has 41 heavy (non-hydrogen) atoms. The van der Waals surface area contributed by atoms with Crippen LogP contribution in [0.25, 0.3) is 0 Å². The van der Waals surface area contributed by atoms with Gasteiger partial charge >= 0.3 is 11.9 Å². The minimum absolute atomic E-state index is 0.176. The smallest absolute Gasteiger partial charge is 0.335 e. The highest BCUT2D eigenvalue weighted by atomic mass is 28.4. The van der Waals surface area contributed by atoms with E-state index in [1.807, 2.05) is 36.4 Å². The van der Waals surface area contributed by atoms with E-state index in [2.05, 4.69) is 50.4 Å². The molecule has 1 N–H and O–H groups in total. The molecule has 8 heteroatoms. The standard InChI is InChI=1S/C33H39NO6Si/c1-25(35)40-29(33(5,31(37)38-6)34-30(36)26-17-10-7-11-18-26)23-16-24-39-41(32(2,3)4,27-19-12-8-13-20-27)28-21-14-9-15-22-28/h7-23,29H,24H2,1-6H3,(H,34,36)/b23-16+/t29-,33-/m1/s1. The molecule has 0 unspecified atom stereocenters. The van der Waals surface area contributed by atoms with Crippen molar-refractivity contribution in [3.05, 3.63) is 109 Å². The Kier molecular flexibility index (Phi) is 10.4. The summed E-state index contributed by atoms with van der Waals surface area (Å²) in [5.74, 6) is -1.88. The summed E-state index contributed by atoms with van der Waals surface area (Å²) in [7, 11) is -1.60. The van der Waals surface area contributed by atoms with E-state index < -0.39 is 37.8 Å². The lowest BCUT2D eigenvalue weighted by molar-refractivity contribution is -0.159. The third kappa shape index (κ3) is 7.20. The molecule has 0 aliphatic rings. The number of methoxy groups -OCH3 is 1.